The third-order valence-electron chi connectivity index (χ3n) is 6.62. The Morgan fingerprint density at radius 2 is 2.00 bits per heavy atom. The molecule has 1 aliphatic rings. The topological polar surface area (TPSA) is 106 Å². The molecular weight excluding hydrogens is 523 g/mol. The number of oxazole rings is 1. The Hall–Kier alpha value is -3.69. The van der Waals surface area contributed by atoms with E-state index in [1.165, 1.54) is 16.8 Å². The zero-order valence-electron chi connectivity index (χ0n) is 20.5. The van der Waals surface area contributed by atoms with Gasteiger partial charge in [0.1, 0.15) is 23.6 Å². The summed E-state index contributed by atoms with van der Waals surface area (Å²) in [5, 5.41) is 17.2. The minimum atomic E-state index is -4.62. The second-order valence-corrected chi connectivity index (χ2v) is 9.04. The average Bonchev–Trinajstić information content (AvgIpc) is 3.54. The van der Waals surface area contributed by atoms with Crippen LogP contribution in [0.1, 0.15) is 36.4 Å². The van der Waals surface area contributed by atoms with E-state index >= 15 is 0 Å². The summed E-state index contributed by atoms with van der Waals surface area (Å²) < 4.78 is 54.2. The summed E-state index contributed by atoms with van der Waals surface area (Å²) in [4.78, 5) is 10.6. The van der Waals surface area contributed by atoms with Crippen molar-refractivity contribution < 1.29 is 22.3 Å². The van der Waals surface area contributed by atoms with Crippen LogP contribution in [0.4, 0.5) is 13.2 Å². The first-order valence-corrected chi connectivity index (χ1v) is 11.9. The number of likely N-dealkylation sites (tertiary alicyclic amines) is 1. The molecule has 0 bridgehead atoms. The van der Waals surface area contributed by atoms with E-state index in [1.807, 2.05) is 6.07 Å². The van der Waals surface area contributed by atoms with E-state index in [1.54, 1.807) is 25.6 Å². The molecule has 0 N–H and O–H groups in total. The van der Waals surface area contributed by atoms with Crippen LogP contribution in [-0.2, 0) is 19.8 Å². The molecule has 0 saturated carbocycles. The predicted octanol–water partition coefficient (Wildman–Crippen LogP) is 5.01. The quantitative estimate of drug-likeness (QED) is 0.318. The summed E-state index contributed by atoms with van der Waals surface area (Å²) >= 11 is 0. The fourth-order valence-electron chi connectivity index (χ4n) is 4.58. The molecule has 1 fully saturated rings. The van der Waals surface area contributed by atoms with E-state index in [4.69, 9.17) is 9.15 Å². The van der Waals surface area contributed by atoms with Gasteiger partial charge in [0.2, 0.25) is 5.89 Å². The molecule has 0 unspecified atom stereocenters. The average molecular weight is 548 g/mol. The van der Waals surface area contributed by atoms with Crippen LogP contribution < -0.4 is 4.74 Å². The third kappa shape index (κ3) is 5.89. The first-order chi connectivity index (χ1) is 17.8. The molecule has 13 heteroatoms. The van der Waals surface area contributed by atoms with Gasteiger partial charge >= 0.3 is 6.18 Å². The lowest BCUT2D eigenvalue weighted by Gasteiger charge is -2.31. The SMILES string of the molecule is Cl.Cn1nnc2c(C#N)nc(-c3ccc(OCCC4CCN(Cc5ncco5)CC4)c(C(F)(F)F)c3)cc21. The van der Waals surface area contributed by atoms with Gasteiger partial charge in [0.25, 0.3) is 0 Å². The van der Waals surface area contributed by atoms with Gasteiger partial charge in [-0.05, 0) is 62.5 Å². The number of aromatic nitrogens is 5. The molecule has 1 aliphatic heterocycles. The van der Waals surface area contributed by atoms with Crippen LogP contribution in [0.2, 0.25) is 0 Å². The maximum absolute atomic E-state index is 13.9. The summed E-state index contributed by atoms with van der Waals surface area (Å²) in [6.45, 7) is 2.61. The van der Waals surface area contributed by atoms with Gasteiger partial charge in [-0.2, -0.15) is 18.4 Å². The molecule has 200 valence electrons. The number of ether oxygens (including phenoxy) is 1. The van der Waals surface area contributed by atoms with Crippen LogP contribution in [0.15, 0.2) is 41.1 Å². The van der Waals surface area contributed by atoms with Crippen molar-refractivity contribution in [3.8, 4) is 23.1 Å². The molecule has 5 rings (SSSR count). The van der Waals surface area contributed by atoms with Crippen molar-refractivity contribution in [2.75, 3.05) is 19.7 Å². The van der Waals surface area contributed by atoms with Gasteiger partial charge in [-0.1, -0.05) is 5.21 Å². The molecule has 0 aliphatic carbocycles. The molecule has 4 aromatic rings. The smallest absolute Gasteiger partial charge is 0.419 e. The van der Waals surface area contributed by atoms with Crippen LogP contribution in [-0.4, -0.2) is 49.6 Å². The molecule has 3 aromatic heterocycles. The largest absolute Gasteiger partial charge is 0.493 e. The number of alkyl halides is 3. The molecule has 4 heterocycles. The van der Waals surface area contributed by atoms with Gasteiger partial charge in [0.05, 0.1) is 36.1 Å². The number of benzene rings is 1. The van der Waals surface area contributed by atoms with Crippen molar-refractivity contribution in [1.82, 2.24) is 29.9 Å². The minimum absolute atomic E-state index is 0. The zero-order valence-corrected chi connectivity index (χ0v) is 21.3. The Labute approximate surface area is 222 Å². The van der Waals surface area contributed by atoms with Gasteiger partial charge < -0.3 is 9.15 Å². The number of aryl methyl sites for hydroxylation is 1. The molecule has 0 amide bonds. The van der Waals surface area contributed by atoms with Crippen molar-refractivity contribution in [2.45, 2.75) is 32.0 Å². The lowest BCUT2D eigenvalue weighted by atomic mass is 9.94. The summed E-state index contributed by atoms with van der Waals surface area (Å²) in [7, 11) is 1.64. The predicted molar refractivity (Wildman–Crippen MR) is 133 cm³/mol. The number of halogens is 4. The lowest BCUT2D eigenvalue weighted by molar-refractivity contribution is -0.138. The van der Waals surface area contributed by atoms with Crippen molar-refractivity contribution in [1.29, 1.82) is 5.26 Å². The molecule has 9 nitrogen and oxygen atoms in total. The molecule has 0 radical (unpaired) electrons. The maximum atomic E-state index is 13.9. The summed E-state index contributed by atoms with van der Waals surface area (Å²) in [5.74, 6) is 0.837. The van der Waals surface area contributed by atoms with Gasteiger partial charge in [0.15, 0.2) is 5.69 Å². The third-order valence-corrected chi connectivity index (χ3v) is 6.62. The Bertz CT molecular complexity index is 1430. The van der Waals surface area contributed by atoms with Crippen LogP contribution in [0.5, 0.6) is 5.75 Å². The van der Waals surface area contributed by atoms with Gasteiger partial charge in [-0.25, -0.2) is 14.6 Å². The Balaban J connectivity index is 0.00000336. The van der Waals surface area contributed by atoms with Crippen LogP contribution in [0.3, 0.4) is 0 Å². The van der Waals surface area contributed by atoms with Gasteiger partial charge in [-0.3, -0.25) is 4.90 Å². The molecule has 0 atom stereocenters. The highest BCUT2D eigenvalue weighted by Gasteiger charge is 2.35. The minimum Gasteiger partial charge on any atom is -0.493 e. The number of rotatable bonds is 7. The van der Waals surface area contributed by atoms with Crippen LogP contribution in [0.25, 0.3) is 22.3 Å². The molecular formula is C25H25ClF3N7O2. The number of fused-ring (bicyclic) bond motifs is 1. The van der Waals surface area contributed by atoms with Crippen molar-refractivity contribution >= 4 is 23.4 Å². The monoisotopic (exact) mass is 547 g/mol. The Morgan fingerprint density at radius 1 is 1.21 bits per heavy atom. The number of piperidine rings is 1. The first kappa shape index (κ1) is 27.3. The first-order valence-electron chi connectivity index (χ1n) is 11.9. The molecule has 1 saturated heterocycles. The van der Waals surface area contributed by atoms with E-state index in [9.17, 15) is 18.4 Å². The van der Waals surface area contributed by atoms with Crippen molar-refractivity contribution in [2.24, 2.45) is 13.0 Å². The highest BCUT2D eigenvalue weighted by Crippen LogP contribution is 2.39. The Kier molecular flexibility index (Phi) is 8.18. The normalized spacial score (nSPS) is 14.8. The second kappa shape index (κ2) is 11.4. The lowest BCUT2D eigenvalue weighted by Crippen LogP contribution is -2.33. The van der Waals surface area contributed by atoms with Gasteiger partial charge in [-0.15, -0.1) is 17.5 Å². The maximum Gasteiger partial charge on any atom is 0.419 e. The fraction of sp³-hybridized carbons (Fsp3) is 0.400. The van der Waals surface area contributed by atoms with Crippen LogP contribution >= 0.6 is 12.4 Å². The van der Waals surface area contributed by atoms with E-state index in [0.29, 0.717) is 35.8 Å². The number of nitriles is 1. The van der Waals surface area contributed by atoms with E-state index in [0.717, 1.165) is 32.0 Å². The molecule has 1 aromatic carbocycles. The summed E-state index contributed by atoms with van der Waals surface area (Å²) in [6.07, 6.45) is 1.10. The standard InChI is InChI=1S/C25H24F3N7O2.ClH/c1-34-21-13-19(31-20(14-29)24(21)32-33-34)17-2-3-22(18(12-17)25(26,27)28)36-10-6-16-4-8-35(9-5-16)15-23-30-7-11-37-23;/h2-3,7,11-13,16H,4-6,8-10,15H2,1H3;1H. The zero-order chi connectivity index (χ0) is 26.0. The fourth-order valence-corrected chi connectivity index (χ4v) is 4.58. The number of nitrogens with zero attached hydrogens (tertiary/aromatic N) is 7. The highest BCUT2D eigenvalue weighted by atomic mass is 35.5. The number of pyridine rings is 1. The van der Waals surface area contributed by atoms with E-state index < -0.39 is 11.7 Å². The highest BCUT2D eigenvalue weighted by molar-refractivity contribution is 5.85. The molecule has 38 heavy (non-hydrogen) atoms. The van der Waals surface area contributed by atoms with Crippen molar-refractivity contribution in [3.63, 3.8) is 0 Å². The van der Waals surface area contributed by atoms with E-state index in [-0.39, 0.29) is 41.7 Å². The number of hydrogen-bond donors (Lipinski definition) is 0. The molecule has 0 spiro atoms. The van der Waals surface area contributed by atoms with Crippen molar-refractivity contribution in [3.05, 3.63) is 53.9 Å². The number of hydrogen-bond acceptors (Lipinski definition) is 8. The van der Waals surface area contributed by atoms with Gasteiger partial charge in [0, 0.05) is 12.6 Å². The summed E-state index contributed by atoms with van der Waals surface area (Å²) in [6, 6.07) is 7.35. The Morgan fingerprint density at radius 3 is 2.68 bits per heavy atom. The van der Waals surface area contributed by atoms with Crippen LogP contribution in [0, 0.1) is 17.2 Å². The summed E-state index contributed by atoms with van der Waals surface area (Å²) in [5.41, 5.74) is 0.367. The second-order valence-electron chi connectivity index (χ2n) is 9.04. The van der Waals surface area contributed by atoms with E-state index in [2.05, 4.69) is 25.2 Å².